The zero-order valence-corrected chi connectivity index (χ0v) is 21.9. The van der Waals surface area contributed by atoms with Crippen molar-refractivity contribution in [2.75, 3.05) is 25.7 Å². The van der Waals surface area contributed by atoms with Gasteiger partial charge in [-0.15, -0.1) is 0 Å². The number of methoxy groups -OCH3 is 2. The van der Waals surface area contributed by atoms with Gasteiger partial charge in [0.05, 0.1) is 26.2 Å². The highest BCUT2D eigenvalue weighted by Crippen LogP contribution is 2.41. The minimum atomic E-state index is -0.641. The van der Waals surface area contributed by atoms with Gasteiger partial charge in [0.2, 0.25) is 5.91 Å². The lowest BCUT2D eigenvalue weighted by atomic mass is 9.83. The lowest BCUT2D eigenvalue weighted by Crippen LogP contribution is -2.47. The number of carbonyl (C=O) groups excluding carboxylic acids is 3. The second-order valence-corrected chi connectivity index (χ2v) is 9.42. The molecule has 2 aromatic carbocycles. The van der Waals surface area contributed by atoms with Gasteiger partial charge in [-0.05, 0) is 76.1 Å². The number of amides is 2. The third kappa shape index (κ3) is 5.98. The van der Waals surface area contributed by atoms with Gasteiger partial charge < -0.3 is 24.0 Å². The Kier molecular flexibility index (Phi) is 8.96. The van der Waals surface area contributed by atoms with Gasteiger partial charge in [0.15, 0.2) is 6.61 Å². The van der Waals surface area contributed by atoms with Gasteiger partial charge in [-0.3, -0.25) is 14.4 Å². The van der Waals surface area contributed by atoms with E-state index in [0.717, 1.165) is 5.56 Å². The van der Waals surface area contributed by atoms with Gasteiger partial charge in [-0.1, -0.05) is 12.1 Å². The number of esters is 1. The van der Waals surface area contributed by atoms with Crippen LogP contribution < -0.4 is 14.4 Å². The summed E-state index contributed by atoms with van der Waals surface area (Å²) >= 11 is 0. The number of rotatable bonds is 9. The van der Waals surface area contributed by atoms with Gasteiger partial charge in [0.1, 0.15) is 11.5 Å². The van der Waals surface area contributed by atoms with Crippen LogP contribution in [-0.4, -0.2) is 55.6 Å². The van der Waals surface area contributed by atoms with Gasteiger partial charge >= 0.3 is 5.97 Å². The van der Waals surface area contributed by atoms with Crippen molar-refractivity contribution in [1.29, 1.82) is 0 Å². The van der Waals surface area contributed by atoms with Crippen LogP contribution in [-0.2, 0) is 19.1 Å². The Labute approximate surface area is 213 Å². The molecule has 0 radical (unpaired) electrons. The molecule has 2 atom stereocenters. The average Bonchev–Trinajstić information content (AvgIpc) is 2.86. The second kappa shape index (κ2) is 11.9. The van der Waals surface area contributed by atoms with E-state index in [4.69, 9.17) is 14.2 Å². The van der Waals surface area contributed by atoms with E-state index >= 15 is 0 Å². The predicted molar refractivity (Wildman–Crippen MR) is 137 cm³/mol. The van der Waals surface area contributed by atoms with Crippen molar-refractivity contribution in [3.05, 3.63) is 54.1 Å². The molecule has 1 aliphatic heterocycles. The van der Waals surface area contributed by atoms with E-state index in [9.17, 15) is 14.4 Å². The Morgan fingerprint density at radius 3 is 1.94 bits per heavy atom. The van der Waals surface area contributed by atoms with Crippen LogP contribution in [0.25, 0.3) is 0 Å². The molecule has 8 heteroatoms. The molecular formula is C28H36N2O6. The maximum Gasteiger partial charge on any atom is 0.311 e. The van der Waals surface area contributed by atoms with E-state index < -0.39 is 17.9 Å². The molecule has 0 N–H and O–H groups in total. The van der Waals surface area contributed by atoms with Crippen LogP contribution in [0.1, 0.15) is 52.1 Å². The summed E-state index contributed by atoms with van der Waals surface area (Å²) in [5, 5.41) is 0. The molecule has 194 valence electrons. The second-order valence-electron chi connectivity index (χ2n) is 9.42. The van der Waals surface area contributed by atoms with E-state index in [-0.39, 0.29) is 36.9 Å². The van der Waals surface area contributed by atoms with Crippen molar-refractivity contribution in [3.8, 4) is 11.5 Å². The molecule has 0 spiro atoms. The minimum Gasteiger partial charge on any atom is -0.497 e. The predicted octanol–water partition coefficient (Wildman–Crippen LogP) is 4.38. The molecule has 1 saturated heterocycles. The summed E-state index contributed by atoms with van der Waals surface area (Å²) in [6.07, 6.45) is 0.518. The summed E-state index contributed by atoms with van der Waals surface area (Å²) < 4.78 is 16.1. The largest absolute Gasteiger partial charge is 0.497 e. The fraction of sp³-hybridized carbons (Fsp3) is 0.464. The molecule has 0 aromatic heterocycles. The van der Waals surface area contributed by atoms with E-state index in [1.807, 2.05) is 39.8 Å². The molecule has 1 heterocycles. The number of benzene rings is 2. The molecular weight excluding hydrogens is 460 g/mol. The number of anilines is 1. The first kappa shape index (κ1) is 27.0. The first-order chi connectivity index (χ1) is 17.2. The normalized spacial score (nSPS) is 17.8. The van der Waals surface area contributed by atoms with Crippen LogP contribution in [0.4, 0.5) is 5.69 Å². The van der Waals surface area contributed by atoms with Crippen molar-refractivity contribution in [1.82, 2.24) is 4.90 Å². The highest BCUT2D eigenvalue weighted by Gasteiger charge is 2.42. The monoisotopic (exact) mass is 496 g/mol. The summed E-state index contributed by atoms with van der Waals surface area (Å²) in [7, 11) is 3.16. The molecule has 2 unspecified atom stereocenters. The zero-order valence-electron chi connectivity index (χ0n) is 21.9. The first-order valence-corrected chi connectivity index (χ1v) is 12.3. The topological polar surface area (TPSA) is 85.4 Å². The lowest BCUT2D eigenvalue weighted by molar-refractivity contribution is -0.158. The van der Waals surface area contributed by atoms with Gasteiger partial charge in [-0.25, -0.2) is 0 Å². The van der Waals surface area contributed by atoms with Crippen LogP contribution in [0.5, 0.6) is 11.5 Å². The highest BCUT2D eigenvalue weighted by molar-refractivity contribution is 5.97. The van der Waals surface area contributed by atoms with Crippen molar-refractivity contribution in [2.45, 2.75) is 58.7 Å². The highest BCUT2D eigenvalue weighted by atomic mass is 16.5. The van der Waals surface area contributed by atoms with Crippen molar-refractivity contribution >= 4 is 23.5 Å². The zero-order chi connectivity index (χ0) is 26.4. The maximum atomic E-state index is 13.4. The summed E-state index contributed by atoms with van der Waals surface area (Å²) in [5.41, 5.74) is 1.43. The minimum absolute atomic E-state index is 0.0129. The van der Waals surface area contributed by atoms with Gasteiger partial charge in [-0.2, -0.15) is 0 Å². The van der Waals surface area contributed by atoms with Crippen LogP contribution in [0.3, 0.4) is 0 Å². The molecule has 0 saturated carbocycles. The first-order valence-electron chi connectivity index (χ1n) is 12.3. The molecule has 0 aliphatic carbocycles. The Balaban J connectivity index is 1.92. The Hall–Kier alpha value is -3.55. The number of hydrogen-bond donors (Lipinski definition) is 0. The standard InChI is InChI=1S/C28H36N2O6/c1-18(2)29(19(3)4)26(32)17-36-28(33)24-15-16-25(31)30(21-9-13-23(35-6)14-10-21)27(24)20-7-11-22(34-5)12-8-20/h7-14,18-19,24,27H,15-17H2,1-6H3. The summed E-state index contributed by atoms with van der Waals surface area (Å²) in [5.74, 6) is -0.136. The van der Waals surface area contributed by atoms with Crippen molar-refractivity contribution in [2.24, 2.45) is 5.92 Å². The van der Waals surface area contributed by atoms with Crippen LogP contribution in [0.2, 0.25) is 0 Å². The van der Waals surface area contributed by atoms with Gasteiger partial charge in [0.25, 0.3) is 5.91 Å². The quantitative estimate of drug-likeness (QED) is 0.479. The number of ether oxygens (including phenoxy) is 3. The molecule has 3 rings (SSSR count). The molecule has 2 amide bonds. The third-order valence-corrected chi connectivity index (χ3v) is 6.45. The fourth-order valence-corrected chi connectivity index (χ4v) is 4.86. The van der Waals surface area contributed by atoms with Crippen LogP contribution >= 0.6 is 0 Å². The van der Waals surface area contributed by atoms with Crippen LogP contribution in [0, 0.1) is 5.92 Å². The molecule has 1 aliphatic rings. The maximum absolute atomic E-state index is 13.4. The summed E-state index contributed by atoms with van der Waals surface area (Å²) in [6.45, 7) is 7.38. The molecule has 0 bridgehead atoms. The smallest absolute Gasteiger partial charge is 0.311 e. The molecule has 2 aromatic rings. The Morgan fingerprint density at radius 2 is 1.44 bits per heavy atom. The number of nitrogens with zero attached hydrogens (tertiary/aromatic N) is 2. The third-order valence-electron chi connectivity index (χ3n) is 6.45. The Morgan fingerprint density at radius 1 is 0.917 bits per heavy atom. The van der Waals surface area contributed by atoms with Crippen molar-refractivity contribution < 1.29 is 28.6 Å². The van der Waals surface area contributed by atoms with E-state index in [2.05, 4.69) is 0 Å². The number of hydrogen-bond acceptors (Lipinski definition) is 6. The van der Waals surface area contributed by atoms with E-state index in [1.165, 1.54) is 0 Å². The van der Waals surface area contributed by atoms with E-state index in [1.54, 1.807) is 60.4 Å². The van der Waals surface area contributed by atoms with Crippen molar-refractivity contribution in [3.63, 3.8) is 0 Å². The number of carbonyl (C=O) groups is 3. The molecule has 1 fully saturated rings. The molecule has 36 heavy (non-hydrogen) atoms. The summed E-state index contributed by atoms with van der Waals surface area (Å²) in [6, 6.07) is 13.8. The average molecular weight is 497 g/mol. The SMILES string of the molecule is COc1ccc(C2C(C(=O)OCC(=O)N(C(C)C)C(C)C)CCC(=O)N2c2ccc(OC)cc2)cc1. The fourth-order valence-electron chi connectivity index (χ4n) is 4.86. The Bertz CT molecular complexity index is 1040. The summed E-state index contributed by atoms with van der Waals surface area (Å²) in [4.78, 5) is 42.7. The lowest BCUT2D eigenvalue weighted by Gasteiger charge is -2.40. The number of piperidine rings is 1. The van der Waals surface area contributed by atoms with E-state index in [0.29, 0.717) is 23.6 Å². The van der Waals surface area contributed by atoms with Crippen LogP contribution in [0.15, 0.2) is 48.5 Å². The molecule has 8 nitrogen and oxygen atoms in total. The van der Waals surface area contributed by atoms with Gasteiger partial charge in [0, 0.05) is 24.2 Å².